The van der Waals surface area contributed by atoms with Crippen molar-refractivity contribution in [2.75, 3.05) is 11.9 Å². The van der Waals surface area contributed by atoms with Gasteiger partial charge in [-0.1, -0.05) is 0 Å². The largest absolute Gasteiger partial charge is 0.389 e. The van der Waals surface area contributed by atoms with Gasteiger partial charge in [-0.05, 0) is 18.9 Å². The van der Waals surface area contributed by atoms with E-state index in [0.717, 1.165) is 0 Å². The molecule has 0 spiro atoms. The number of alkyl halides is 3. The van der Waals surface area contributed by atoms with E-state index in [9.17, 15) is 23.3 Å². The van der Waals surface area contributed by atoms with Gasteiger partial charge in [0.2, 0.25) is 5.82 Å². The molecule has 0 radical (unpaired) electrons. The van der Waals surface area contributed by atoms with E-state index < -0.39 is 17.5 Å². The topological polar surface area (TPSA) is 68.1 Å². The first kappa shape index (κ1) is 14.2. The van der Waals surface area contributed by atoms with Crippen molar-refractivity contribution < 1.29 is 18.1 Å². The fourth-order valence-corrected chi connectivity index (χ4v) is 1.32. The lowest BCUT2D eigenvalue weighted by atomic mass is 10.2. The smallest absolute Gasteiger partial charge is 0.364 e. The van der Waals surface area contributed by atoms with E-state index in [1.165, 1.54) is 12.3 Å². The monoisotopic (exact) mass is 263 g/mol. The van der Waals surface area contributed by atoms with Crippen molar-refractivity contribution >= 4 is 11.5 Å². The Bertz CT molecular complexity index is 435. The number of nitro groups is 1. The summed E-state index contributed by atoms with van der Waals surface area (Å²) in [7, 11) is 0. The average molecular weight is 263 g/mol. The summed E-state index contributed by atoms with van der Waals surface area (Å²) in [5, 5.41) is 13.3. The van der Waals surface area contributed by atoms with Crippen LogP contribution in [0.1, 0.15) is 18.4 Å². The number of hydrogen-bond acceptors (Lipinski definition) is 4. The summed E-state index contributed by atoms with van der Waals surface area (Å²) in [4.78, 5) is 13.9. The molecule has 0 aliphatic heterocycles. The standard InChI is InChI=1S/C10H12F3N3O2/c1-7-5-8(16(17)18)9(15-6-7)14-4-2-3-10(11,12)13/h5-6H,2-4H2,1H3,(H,14,15). The molecule has 0 unspecified atom stereocenters. The minimum atomic E-state index is -4.21. The Labute approximate surface area is 101 Å². The average Bonchev–Trinajstić information content (AvgIpc) is 2.24. The summed E-state index contributed by atoms with van der Waals surface area (Å²) >= 11 is 0. The summed E-state index contributed by atoms with van der Waals surface area (Å²) in [6, 6.07) is 1.32. The summed E-state index contributed by atoms with van der Waals surface area (Å²) in [5.41, 5.74) is 0.379. The van der Waals surface area contributed by atoms with Crippen molar-refractivity contribution in [1.29, 1.82) is 0 Å². The van der Waals surface area contributed by atoms with E-state index in [1.807, 2.05) is 0 Å². The van der Waals surface area contributed by atoms with E-state index in [-0.39, 0.29) is 24.5 Å². The van der Waals surface area contributed by atoms with Crippen LogP contribution in [0.3, 0.4) is 0 Å². The molecule has 5 nitrogen and oxygen atoms in total. The number of anilines is 1. The van der Waals surface area contributed by atoms with Crippen molar-refractivity contribution in [2.24, 2.45) is 0 Å². The third-order valence-corrected chi connectivity index (χ3v) is 2.13. The second-order valence-electron chi connectivity index (χ2n) is 3.78. The Morgan fingerprint density at radius 1 is 1.50 bits per heavy atom. The van der Waals surface area contributed by atoms with Gasteiger partial charge in [-0.25, -0.2) is 4.98 Å². The third kappa shape index (κ3) is 4.56. The van der Waals surface area contributed by atoms with Crippen LogP contribution in [0, 0.1) is 17.0 Å². The van der Waals surface area contributed by atoms with Crippen LogP contribution in [0.25, 0.3) is 0 Å². The molecule has 0 saturated heterocycles. The molecule has 0 aliphatic carbocycles. The van der Waals surface area contributed by atoms with Crippen molar-refractivity contribution in [2.45, 2.75) is 25.9 Å². The first-order chi connectivity index (χ1) is 8.29. The van der Waals surface area contributed by atoms with E-state index in [2.05, 4.69) is 10.3 Å². The Hall–Kier alpha value is -1.86. The molecule has 1 rings (SSSR count). The van der Waals surface area contributed by atoms with E-state index >= 15 is 0 Å². The Kier molecular flexibility index (Phi) is 4.46. The van der Waals surface area contributed by atoms with Crippen LogP contribution in [0.5, 0.6) is 0 Å². The van der Waals surface area contributed by atoms with Gasteiger partial charge >= 0.3 is 11.9 Å². The lowest BCUT2D eigenvalue weighted by Crippen LogP contribution is -2.12. The van der Waals surface area contributed by atoms with Gasteiger partial charge in [-0.3, -0.25) is 10.1 Å². The SMILES string of the molecule is Cc1cnc(NCCCC(F)(F)F)c([N+](=O)[O-])c1. The van der Waals surface area contributed by atoms with Gasteiger partial charge in [0.05, 0.1) is 4.92 Å². The van der Waals surface area contributed by atoms with Gasteiger partial charge in [0, 0.05) is 25.2 Å². The summed E-state index contributed by atoms with van der Waals surface area (Å²) in [5.74, 6) is -0.00669. The molecule has 0 amide bonds. The highest BCUT2D eigenvalue weighted by molar-refractivity contribution is 5.56. The van der Waals surface area contributed by atoms with Crippen LogP contribution in [-0.2, 0) is 0 Å². The number of aryl methyl sites for hydroxylation is 1. The van der Waals surface area contributed by atoms with Crippen LogP contribution in [0.2, 0.25) is 0 Å². The van der Waals surface area contributed by atoms with Gasteiger partial charge in [-0.15, -0.1) is 0 Å². The van der Waals surface area contributed by atoms with Gasteiger partial charge < -0.3 is 5.32 Å². The predicted molar refractivity (Wildman–Crippen MR) is 59.4 cm³/mol. The Morgan fingerprint density at radius 3 is 2.72 bits per heavy atom. The zero-order chi connectivity index (χ0) is 13.8. The minimum absolute atomic E-state index is 0.00669. The molecule has 1 heterocycles. The molecular formula is C10H12F3N3O2. The molecule has 1 aromatic rings. The van der Waals surface area contributed by atoms with Crippen LogP contribution in [0.15, 0.2) is 12.3 Å². The number of nitrogens with zero attached hydrogens (tertiary/aromatic N) is 2. The number of aromatic nitrogens is 1. The van der Waals surface area contributed by atoms with Crippen LogP contribution >= 0.6 is 0 Å². The highest BCUT2D eigenvalue weighted by Gasteiger charge is 2.26. The molecule has 0 aliphatic rings. The highest BCUT2D eigenvalue weighted by Crippen LogP contribution is 2.24. The number of rotatable bonds is 5. The molecule has 0 fully saturated rings. The zero-order valence-corrected chi connectivity index (χ0v) is 9.62. The fraction of sp³-hybridized carbons (Fsp3) is 0.500. The van der Waals surface area contributed by atoms with E-state index in [0.29, 0.717) is 5.56 Å². The number of halogens is 3. The first-order valence-corrected chi connectivity index (χ1v) is 5.21. The van der Waals surface area contributed by atoms with Gasteiger partial charge in [0.25, 0.3) is 0 Å². The normalized spacial score (nSPS) is 11.3. The number of hydrogen-bond donors (Lipinski definition) is 1. The fourth-order valence-electron chi connectivity index (χ4n) is 1.32. The van der Waals surface area contributed by atoms with E-state index in [4.69, 9.17) is 0 Å². The number of nitrogens with one attached hydrogen (secondary N) is 1. The highest BCUT2D eigenvalue weighted by atomic mass is 19.4. The molecular weight excluding hydrogens is 251 g/mol. The van der Waals surface area contributed by atoms with Crippen molar-refractivity contribution in [3.05, 3.63) is 27.9 Å². The van der Waals surface area contributed by atoms with Crippen LogP contribution < -0.4 is 5.32 Å². The van der Waals surface area contributed by atoms with Crippen molar-refractivity contribution in [3.63, 3.8) is 0 Å². The van der Waals surface area contributed by atoms with Crippen molar-refractivity contribution in [1.82, 2.24) is 4.98 Å². The summed E-state index contributed by atoms with van der Waals surface area (Å²) in [6.45, 7) is 1.63. The molecule has 1 aromatic heterocycles. The zero-order valence-electron chi connectivity index (χ0n) is 9.62. The molecule has 100 valence electrons. The maximum absolute atomic E-state index is 11.9. The maximum Gasteiger partial charge on any atom is 0.389 e. The number of pyridine rings is 1. The predicted octanol–water partition coefficient (Wildman–Crippen LogP) is 3.05. The molecule has 0 saturated carbocycles. The molecule has 1 N–H and O–H groups in total. The molecule has 8 heteroatoms. The van der Waals surface area contributed by atoms with Crippen LogP contribution in [0.4, 0.5) is 24.7 Å². The Morgan fingerprint density at radius 2 is 2.17 bits per heavy atom. The lowest BCUT2D eigenvalue weighted by Gasteiger charge is -2.08. The molecule has 0 atom stereocenters. The first-order valence-electron chi connectivity index (χ1n) is 5.21. The van der Waals surface area contributed by atoms with Crippen LogP contribution in [-0.4, -0.2) is 22.6 Å². The quantitative estimate of drug-likeness (QED) is 0.503. The van der Waals surface area contributed by atoms with Gasteiger partial charge in [0.1, 0.15) is 0 Å². The maximum atomic E-state index is 11.9. The minimum Gasteiger partial charge on any atom is -0.364 e. The van der Waals surface area contributed by atoms with Gasteiger partial charge in [-0.2, -0.15) is 13.2 Å². The molecule has 0 bridgehead atoms. The summed E-state index contributed by atoms with van der Waals surface area (Å²) in [6.07, 6.45) is -3.89. The molecule has 18 heavy (non-hydrogen) atoms. The van der Waals surface area contributed by atoms with Crippen molar-refractivity contribution in [3.8, 4) is 0 Å². The second-order valence-corrected chi connectivity index (χ2v) is 3.78. The Balaban J connectivity index is 2.59. The third-order valence-electron chi connectivity index (χ3n) is 2.13. The lowest BCUT2D eigenvalue weighted by molar-refractivity contribution is -0.384. The summed E-state index contributed by atoms with van der Waals surface area (Å²) < 4.78 is 35.7. The van der Waals surface area contributed by atoms with E-state index in [1.54, 1.807) is 6.92 Å². The molecule has 0 aromatic carbocycles. The second kappa shape index (κ2) is 5.65. The van der Waals surface area contributed by atoms with Gasteiger partial charge in [0.15, 0.2) is 0 Å².